The zero-order chi connectivity index (χ0) is 15.9. The number of nitrogens with zero attached hydrogens (tertiary/aromatic N) is 4. The maximum Gasteiger partial charge on any atom is 0.225 e. The molecule has 0 spiro atoms. The molecule has 1 aliphatic rings. The Bertz CT molecular complexity index is 785. The molecule has 114 valence electrons. The molecule has 0 unspecified atom stereocenters. The molecule has 1 fully saturated rings. The Morgan fingerprint density at radius 3 is 2.64 bits per heavy atom. The number of anilines is 1. The van der Waals surface area contributed by atoms with Crippen LogP contribution in [-0.4, -0.2) is 23.1 Å². The van der Waals surface area contributed by atoms with Gasteiger partial charge in [-0.15, -0.1) is 0 Å². The molecule has 0 atom stereocenters. The molecule has 0 bridgehead atoms. The smallest absolute Gasteiger partial charge is 0.225 e. The number of nitriles is 1. The molecule has 3 rings (SSSR count). The first-order chi connectivity index (χ1) is 10.5. The summed E-state index contributed by atoms with van der Waals surface area (Å²) >= 11 is 15.1. The highest BCUT2D eigenvalue weighted by Gasteiger charge is 2.24. The lowest BCUT2D eigenvalue weighted by Crippen LogP contribution is -2.34. The second-order valence-electron chi connectivity index (χ2n) is 5.09. The van der Waals surface area contributed by atoms with Crippen LogP contribution < -0.4 is 4.90 Å². The zero-order valence-corrected chi connectivity index (χ0v) is 14.4. The maximum absolute atomic E-state index is 14.4. The molecule has 2 heterocycles. The molecule has 8 heteroatoms. The topological polar surface area (TPSA) is 52.8 Å². The Morgan fingerprint density at radius 1 is 1.32 bits per heavy atom. The molecule has 0 amide bonds. The first-order valence-electron chi connectivity index (χ1n) is 6.66. The minimum absolute atomic E-state index is 0.0157. The van der Waals surface area contributed by atoms with Crippen LogP contribution >= 0.6 is 39.1 Å². The van der Waals surface area contributed by atoms with Crippen molar-refractivity contribution in [1.82, 2.24) is 9.97 Å². The summed E-state index contributed by atoms with van der Waals surface area (Å²) in [6.07, 6.45) is 1.48. The lowest BCUT2D eigenvalue weighted by Gasteiger charge is -2.30. The Morgan fingerprint density at radius 2 is 2.00 bits per heavy atom. The van der Waals surface area contributed by atoms with E-state index in [4.69, 9.17) is 28.5 Å². The van der Waals surface area contributed by atoms with Crippen molar-refractivity contribution in [1.29, 1.82) is 5.26 Å². The molecule has 2 aromatic rings. The van der Waals surface area contributed by atoms with E-state index in [1.165, 1.54) is 0 Å². The van der Waals surface area contributed by atoms with Crippen molar-refractivity contribution in [2.45, 2.75) is 12.8 Å². The van der Waals surface area contributed by atoms with Crippen LogP contribution in [0.25, 0.3) is 10.9 Å². The van der Waals surface area contributed by atoms with Crippen LogP contribution in [0.4, 0.5) is 10.2 Å². The fourth-order valence-electron chi connectivity index (χ4n) is 2.59. The number of piperidine rings is 1. The molecule has 4 nitrogen and oxygen atoms in total. The molecule has 0 N–H and O–H groups in total. The molecular formula is C14H10BrCl2FN4. The number of hydrogen-bond acceptors (Lipinski definition) is 4. The van der Waals surface area contributed by atoms with E-state index in [0.29, 0.717) is 24.3 Å². The standard InChI is InChI=1S/C14H10BrCl2FN4/c15-10-9(16)5-8-12(11(10)18)20-14(17)21-13(8)22-3-1-7(6-19)2-4-22/h5,7H,1-4H2. The van der Waals surface area contributed by atoms with Gasteiger partial charge in [-0.2, -0.15) is 10.2 Å². The molecule has 1 aromatic heterocycles. The second-order valence-corrected chi connectivity index (χ2v) is 6.63. The highest BCUT2D eigenvalue weighted by Crippen LogP contribution is 2.36. The van der Waals surface area contributed by atoms with Gasteiger partial charge in [-0.05, 0) is 46.4 Å². The summed E-state index contributed by atoms with van der Waals surface area (Å²) in [6, 6.07) is 3.91. The van der Waals surface area contributed by atoms with Gasteiger partial charge in [-0.3, -0.25) is 0 Å². The fraction of sp³-hybridized carbons (Fsp3) is 0.357. The van der Waals surface area contributed by atoms with Crippen molar-refractivity contribution in [3.63, 3.8) is 0 Å². The van der Waals surface area contributed by atoms with Gasteiger partial charge in [0, 0.05) is 24.4 Å². The van der Waals surface area contributed by atoms with E-state index in [1.807, 2.05) is 4.90 Å². The summed E-state index contributed by atoms with van der Waals surface area (Å²) < 4.78 is 14.5. The van der Waals surface area contributed by atoms with Crippen LogP contribution in [0, 0.1) is 23.1 Å². The van der Waals surface area contributed by atoms with Gasteiger partial charge in [0.15, 0.2) is 5.82 Å². The predicted octanol–water partition coefficient (Wildman–Crippen LogP) is 4.58. The Balaban J connectivity index is 2.12. The summed E-state index contributed by atoms with van der Waals surface area (Å²) in [5, 5.41) is 9.74. The molecule has 1 aliphatic heterocycles. The van der Waals surface area contributed by atoms with E-state index in [2.05, 4.69) is 32.0 Å². The summed E-state index contributed by atoms with van der Waals surface area (Å²) in [5.41, 5.74) is 0.133. The first-order valence-corrected chi connectivity index (χ1v) is 8.21. The number of fused-ring (bicyclic) bond motifs is 1. The van der Waals surface area contributed by atoms with Crippen molar-refractivity contribution in [2.24, 2.45) is 5.92 Å². The highest BCUT2D eigenvalue weighted by atomic mass is 79.9. The van der Waals surface area contributed by atoms with Gasteiger partial charge >= 0.3 is 0 Å². The first kappa shape index (κ1) is 15.7. The average Bonchev–Trinajstić information content (AvgIpc) is 2.53. The summed E-state index contributed by atoms with van der Waals surface area (Å²) in [6.45, 7) is 1.33. The number of aromatic nitrogens is 2. The van der Waals surface area contributed by atoms with Crippen LogP contribution in [0.1, 0.15) is 12.8 Å². The van der Waals surface area contributed by atoms with Crippen LogP contribution in [0.15, 0.2) is 10.5 Å². The monoisotopic (exact) mass is 402 g/mol. The lowest BCUT2D eigenvalue weighted by atomic mass is 9.98. The Hall–Kier alpha value is -1.16. The molecule has 0 saturated carbocycles. The lowest BCUT2D eigenvalue weighted by molar-refractivity contribution is 0.486. The molecule has 0 aliphatic carbocycles. The molecule has 22 heavy (non-hydrogen) atoms. The van der Waals surface area contributed by atoms with Crippen molar-refractivity contribution >= 4 is 55.9 Å². The highest BCUT2D eigenvalue weighted by molar-refractivity contribution is 9.10. The van der Waals surface area contributed by atoms with Crippen LogP contribution in [0.3, 0.4) is 0 Å². The summed E-state index contributed by atoms with van der Waals surface area (Å²) in [7, 11) is 0. The van der Waals surface area contributed by atoms with Crippen LogP contribution in [0.2, 0.25) is 10.3 Å². The predicted molar refractivity (Wildman–Crippen MR) is 87.8 cm³/mol. The van der Waals surface area contributed by atoms with E-state index < -0.39 is 5.82 Å². The van der Waals surface area contributed by atoms with Gasteiger partial charge in [0.25, 0.3) is 0 Å². The van der Waals surface area contributed by atoms with E-state index in [1.54, 1.807) is 6.07 Å². The van der Waals surface area contributed by atoms with Gasteiger partial charge in [0.1, 0.15) is 11.3 Å². The van der Waals surface area contributed by atoms with Gasteiger partial charge in [0.05, 0.1) is 15.6 Å². The SMILES string of the molecule is N#CC1CCN(c2nc(Cl)nc3c(F)c(Br)c(Cl)cc23)CC1. The zero-order valence-electron chi connectivity index (χ0n) is 11.3. The Labute approximate surface area is 145 Å². The van der Waals surface area contributed by atoms with E-state index in [0.717, 1.165) is 12.8 Å². The second kappa shape index (κ2) is 6.15. The third kappa shape index (κ3) is 2.73. The van der Waals surface area contributed by atoms with Crippen LogP contribution in [-0.2, 0) is 0 Å². The van der Waals surface area contributed by atoms with E-state index in [-0.39, 0.29) is 26.2 Å². The van der Waals surface area contributed by atoms with Gasteiger partial charge in [0.2, 0.25) is 5.28 Å². The number of rotatable bonds is 1. The summed E-state index contributed by atoms with van der Waals surface area (Å²) in [5.74, 6) is 0.0499. The van der Waals surface area contributed by atoms with Crippen molar-refractivity contribution in [3.8, 4) is 6.07 Å². The quantitative estimate of drug-likeness (QED) is 0.516. The Kier molecular flexibility index (Phi) is 4.40. The fourth-order valence-corrected chi connectivity index (χ4v) is 3.25. The number of halogens is 4. The normalized spacial score (nSPS) is 16.0. The van der Waals surface area contributed by atoms with Gasteiger partial charge in [-0.1, -0.05) is 11.6 Å². The van der Waals surface area contributed by atoms with Gasteiger partial charge < -0.3 is 4.90 Å². The average molecular weight is 404 g/mol. The number of benzene rings is 1. The van der Waals surface area contributed by atoms with Crippen LogP contribution in [0.5, 0.6) is 0 Å². The minimum Gasteiger partial charge on any atom is -0.356 e. The van der Waals surface area contributed by atoms with Crippen molar-refractivity contribution < 1.29 is 4.39 Å². The van der Waals surface area contributed by atoms with Crippen molar-refractivity contribution in [2.75, 3.05) is 18.0 Å². The number of hydrogen-bond donors (Lipinski definition) is 0. The largest absolute Gasteiger partial charge is 0.356 e. The maximum atomic E-state index is 14.4. The third-order valence-electron chi connectivity index (χ3n) is 3.76. The molecule has 1 saturated heterocycles. The van der Waals surface area contributed by atoms with E-state index in [9.17, 15) is 4.39 Å². The molecular weight excluding hydrogens is 394 g/mol. The minimum atomic E-state index is -0.556. The van der Waals surface area contributed by atoms with Crippen molar-refractivity contribution in [3.05, 3.63) is 26.7 Å². The third-order valence-corrected chi connectivity index (χ3v) is 5.23. The van der Waals surface area contributed by atoms with Gasteiger partial charge in [-0.25, -0.2) is 9.37 Å². The summed E-state index contributed by atoms with van der Waals surface area (Å²) in [4.78, 5) is 10.2. The van der Waals surface area contributed by atoms with E-state index >= 15 is 0 Å². The molecule has 0 radical (unpaired) electrons. The molecule has 1 aromatic carbocycles.